The lowest BCUT2D eigenvalue weighted by atomic mass is 9.86. The number of carbonyl (C=O) groups excluding carboxylic acids is 1. The number of amides is 2. The van der Waals surface area contributed by atoms with E-state index in [9.17, 15) is 9.59 Å². The molecule has 27 heavy (non-hydrogen) atoms. The van der Waals surface area contributed by atoms with E-state index in [1.807, 2.05) is 6.92 Å². The number of carboxylic acid groups (broad SMARTS) is 1. The average Bonchev–Trinajstić information content (AvgIpc) is 3.26. The molecular formula is C20H31N3O3S. The Balaban J connectivity index is 1.74. The zero-order valence-electron chi connectivity index (χ0n) is 16.4. The van der Waals surface area contributed by atoms with E-state index in [1.54, 1.807) is 0 Å². The van der Waals surface area contributed by atoms with Crippen molar-refractivity contribution in [2.45, 2.75) is 90.1 Å². The van der Waals surface area contributed by atoms with Gasteiger partial charge in [-0.15, -0.1) is 11.3 Å². The monoisotopic (exact) mass is 393 g/mol. The van der Waals surface area contributed by atoms with Crippen molar-refractivity contribution in [1.82, 2.24) is 9.88 Å². The van der Waals surface area contributed by atoms with Crippen molar-refractivity contribution in [2.75, 3.05) is 5.32 Å². The quantitative estimate of drug-likeness (QED) is 0.735. The number of hydrogen-bond acceptors (Lipinski definition) is 4. The predicted molar refractivity (Wildman–Crippen MR) is 107 cm³/mol. The molecule has 0 saturated heterocycles. The third-order valence-corrected chi connectivity index (χ3v) is 7.12. The lowest BCUT2D eigenvalue weighted by Crippen LogP contribution is -2.49. The fourth-order valence-electron chi connectivity index (χ4n) is 4.48. The molecular weight excluding hydrogens is 362 g/mol. The number of aryl methyl sites for hydroxylation is 1. The Hall–Kier alpha value is -1.63. The Morgan fingerprint density at radius 3 is 2.37 bits per heavy atom. The zero-order chi connectivity index (χ0) is 19.4. The molecule has 1 aromatic heterocycles. The molecule has 0 radical (unpaired) electrons. The van der Waals surface area contributed by atoms with E-state index in [2.05, 4.69) is 22.1 Å². The summed E-state index contributed by atoms with van der Waals surface area (Å²) >= 11 is 1.40. The highest BCUT2D eigenvalue weighted by molar-refractivity contribution is 7.15. The van der Waals surface area contributed by atoms with Crippen LogP contribution < -0.4 is 5.32 Å². The summed E-state index contributed by atoms with van der Waals surface area (Å²) in [6, 6.07) is 0.584. The number of nitrogens with one attached hydrogen (secondary N) is 1. The van der Waals surface area contributed by atoms with Crippen molar-refractivity contribution in [3.05, 3.63) is 10.6 Å². The van der Waals surface area contributed by atoms with E-state index in [0.29, 0.717) is 22.9 Å². The summed E-state index contributed by atoms with van der Waals surface area (Å²) < 4.78 is 0. The number of aliphatic carboxylic acids is 1. The Kier molecular flexibility index (Phi) is 6.73. The number of thiazole rings is 1. The van der Waals surface area contributed by atoms with E-state index < -0.39 is 5.97 Å². The van der Waals surface area contributed by atoms with Gasteiger partial charge in [-0.3, -0.25) is 10.1 Å². The Morgan fingerprint density at radius 1 is 1.15 bits per heavy atom. The molecule has 3 rings (SSSR count). The number of carbonyl (C=O) groups is 2. The van der Waals surface area contributed by atoms with E-state index in [1.165, 1.54) is 37.0 Å². The van der Waals surface area contributed by atoms with Crippen molar-refractivity contribution in [3.8, 4) is 0 Å². The Bertz CT molecular complexity index is 661. The molecule has 7 heteroatoms. The molecule has 0 aromatic carbocycles. The Labute approximate surface area is 165 Å². The lowest BCUT2D eigenvalue weighted by Gasteiger charge is -2.39. The highest BCUT2D eigenvalue weighted by Crippen LogP contribution is 2.34. The van der Waals surface area contributed by atoms with Gasteiger partial charge in [-0.05, 0) is 50.9 Å². The summed E-state index contributed by atoms with van der Waals surface area (Å²) in [6.45, 7) is 4.28. The lowest BCUT2D eigenvalue weighted by molar-refractivity contribution is -0.136. The molecule has 2 saturated carbocycles. The van der Waals surface area contributed by atoms with Crippen molar-refractivity contribution in [3.63, 3.8) is 0 Å². The molecule has 150 valence electrons. The van der Waals surface area contributed by atoms with Crippen molar-refractivity contribution >= 4 is 28.5 Å². The maximum Gasteiger partial charge on any atom is 0.324 e. The van der Waals surface area contributed by atoms with Crippen molar-refractivity contribution < 1.29 is 14.7 Å². The van der Waals surface area contributed by atoms with Gasteiger partial charge in [-0.25, -0.2) is 9.78 Å². The van der Waals surface area contributed by atoms with Gasteiger partial charge in [0.15, 0.2) is 5.13 Å². The van der Waals surface area contributed by atoms with Gasteiger partial charge in [-0.1, -0.05) is 26.7 Å². The average molecular weight is 394 g/mol. The van der Waals surface area contributed by atoms with Gasteiger partial charge in [0.25, 0.3) is 0 Å². The molecule has 2 fully saturated rings. The second kappa shape index (κ2) is 9.04. The smallest absolute Gasteiger partial charge is 0.324 e. The van der Waals surface area contributed by atoms with E-state index in [0.717, 1.165) is 42.9 Å². The molecule has 2 N–H and O–H groups in total. The highest BCUT2D eigenvalue weighted by Gasteiger charge is 2.34. The maximum atomic E-state index is 13.2. The van der Waals surface area contributed by atoms with Crippen LogP contribution in [0.2, 0.25) is 0 Å². The van der Waals surface area contributed by atoms with E-state index in [4.69, 9.17) is 5.11 Å². The first-order chi connectivity index (χ1) is 13.0. The molecule has 0 bridgehead atoms. The maximum absolute atomic E-state index is 13.2. The van der Waals surface area contributed by atoms with Crippen LogP contribution in [-0.2, 0) is 17.6 Å². The summed E-state index contributed by atoms with van der Waals surface area (Å²) in [6.07, 6.45) is 9.70. The summed E-state index contributed by atoms with van der Waals surface area (Å²) in [7, 11) is 0. The first-order valence-electron chi connectivity index (χ1n) is 10.3. The molecule has 0 unspecified atom stereocenters. The molecule has 2 aliphatic rings. The number of hydrogen-bond donors (Lipinski definition) is 2. The van der Waals surface area contributed by atoms with Gasteiger partial charge in [-0.2, -0.15) is 0 Å². The first kappa shape index (κ1) is 20.1. The Morgan fingerprint density at radius 2 is 1.78 bits per heavy atom. The predicted octanol–water partition coefficient (Wildman–Crippen LogP) is 4.69. The minimum atomic E-state index is -0.892. The van der Waals surface area contributed by atoms with Crippen LogP contribution in [0.4, 0.5) is 9.93 Å². The van der Waals surface area contributed by atoms with Crippen LogP contribution in [0.25, 0.3) is 0 Å². The number of urea groups is 1. The molecule has 2 amide bonds. The van der Waals surface area contributed by atoms with Crippen LogP contribution in [-0.4, -0.2) is 39.1 Å². The topological polar surface area (TPSA) is 82.5 Å². The molecule has 1 aromatic rings. The number of anilines is 1. The van der Waals surface area contributed by atoms with Gasteiger partial charge in [0.1, 0.15) is 0 Å². The second-order valence-corrected chi connectivity index (χ2v) is 9.09. The van der Waals surface area contributed by atoms with E-state index >= 15 is 0 Å². The van der Waals surface area contributed by atoms with Crippen molar-refractivity contribution in [2.24, 2.45) is 5.92 Å². The SMILES string of the molecule is CCc1sc(NC(=O)N(C2CCCC2)C2CCC(C)CC2)nc1CC(=O)O. The first-order valence-corrected chi connectivity index (χ1v) is 11.1. The molecule has 0 aliphatic heterocycles. The van der Waals surface area contributed by atoms with Crippen LogP contribution in [0.3, 0.4) is 0 Å². The highest BCUT2D eigenvalue weighted by atomic mass is 32.1. The zero-order valence-corrected chi connectivity index (χ0v) is 17.2. The fraction of sp³-hybridized carbons (Fsp3) is 0.750. The summed E-state index contributed by atoms with van der Waals surface area (Å²) in [4.78, 5) is 31.7. The summed E-state index contributed by atoms with van der Waals surface area (Å²) in [5, 5.41) is 12.6. The number of carboxylic acids is 1. The number of nitrogens with zero attached hydrogens (tertiary/aromatic N) is 2. The summed E-state index contributed by atoms with van der Waals surface area (Å²) in [5.74, 6) is -0.142. The standard InChI is InChI=1S/C20H31N3O3S/c1-3-17-16(12-18(24)25)21-19(27-17)22-20(26)23(14-6-4-5-7-14)15-10-8-13(2)9-11-15/h13-15H,3-12H2,1-2H3,(H,24,25)(H,21,22,26). The number of aromatic nitrogens is 1. The molecule has 1 heterocycles. The van der Waals surface area contributed by atoms with Crippen LogP contribution >= 0.6 is 11.3 Å². The second-order valence-electron chi connectivity index (χ2n) is 8.00. The van der Waals surface area contributed by atoms with Crippen LogP contribution in [0.15, 0.2) is 0 Å². The van der Waals surface area contributed by atoms with Crippen LogP contribution in [0.5, 0.6) is 0 Å². The largest absolute Gasteiger partial charge is 0.481 e. The van der Waals surface area contributed by atoms with Gasteiger partial charge in [0.2, 0.25) is 0 Å². The van der Waals surface area contributed by atoms with Gasteiger partial charge in [0, 0.05) is 17.0 Å². The van der Waals surface area contributed by atoms with Gasteiger partial charge in [0.05, 0.1) is 12.1 Å². The van der Waals surface area contributed by atoms with Crippen LogP contribution in [0, 0.1) is 5.92 Å². The fourth-order valence-corrected chi connectivity index (χ4v) is 5.39. The normalized spacial score (nSPS) is 23.3. The molecule has 0 spiro atoms. The molecule has 2 aliphatic carbocycles. The number of rotatable bonds is 6. The summed E-state index contributed by atoms with van der Waals surface area (Å²) in [5.41, 5.74) is 0.573. The third kappa shape index (κ3) is 5.00. The van der Waals surface area contributed by atoms with Gasteiger partial charge >= 0.3 is 12.0 Å². The molecule has 0 atom stereocenters. The third-order valence-electron chi connectivity index (χ3n) is 5.96. The van der Waals surface area contributed by atoms with Crippen LogP contribution in [0.1, 0.15) is 75.8 Å². The minimum Gasteiger partial charge on any atom is -0.481 e. The van der Waals surface area contributed by atoms with Gasteiger partial charge < -0.3 is 10.0 Å². The van der Waals surface area contributed by atoms with Crippen molar-refractivity contribution in [1.29, 1.82) is 0 Å². The molecule has 6 nitrogen and oxygen atoms in total. The van der Waals surface area contributed by atoms with E-state index in [-0.39, 0.29) is 12.5 Å². The minimum absolute atomic E-state index is 0.0558.